The van der Waals surface area contributed by atoms with Crippen molar-refractivity contribution in [3.8, 4) is 11.6 Å². The number of ether oxygens (including phenoxy) is 2. The zero-order chi connectivity index (χ0) is 24.2. The highest BCUT2D eigenvalue weighted by atomic mass is 16.7. The van der Waals surface area contributed by atoms with E-state index in [2.05, 4.69) is 48.3 Å². The third-order valence-electron chi connectivity index (χ3n) is 6.47. The van der Waals surface area contributed by atoms with Crippen LogP contribution in [-0.2, 0) is 6.42 Å². The lowest BCUT2D eigenvalue weighted by molar-refractivity contribution is 0.142. The predicted octanol–water partition coefficient (Wildman–Crippen LogP) is 7.54. The quantitative estimate of drug-likeness (QED) is 0.183. The third kappa shape index (κ3) is 4.71. The highest BCUT2D eigenvalue weighted by molar-refractivity contribution is 5.90. The second-order valence-corrected chi connectivity index (χ2v) is 8.63. The van der Waals surface area contributed by atoms with Crippen LogP contribution in [0.15, 0.2) is 91.0 Å². The molecule has 0 radical (unpaired) electrons. The van der Waals surface area contributed by atoms with E-state index in [-0.39, 0.29) is 11.8 Å². The molecule has 0 aliphatic rings. The van der Waals surface area contributed by atoms with Crippen LogP contribution < -0.4 is 9.47 Å². The lowest BCUT2D eigenvalue weighted by atomic mass is 9.91. The number of hydrogen-bond acceptors (Lipinski definition) is 3. The molecule has 176 valence electrons. The number of para-hydroxylation sites is 1. The van der Waals surface area contributed by atoms with Crippen molar-refractivity contribution in [3.63, 3.8) is 0 Å². The second kappa shape index (κ2) is 9.94. The largest absolute Gasteiger partial charge is 0.512 e. The van der Waals surface area contributed by atoms with E-state index < -0.39 is 6.16 Å². The van der Waals surface area contributed by atoms with Gasteiger partial charge in [-0.1, -0.05) is 91.9 Å². The number of fused-ring (bicyclic) bond motifs is 2. The van der Waals surface area contributed by atoms with Gasteiger partial charge in [0.25, 0.3) is 0 Å². The van der Waals surface area contributed by atoms with Crippen LogP contribution in [0.2, 0.25) is 0 Å². The predicted molar refractivity (Wildman–Crippen MR) is 139 cm³/mol. The molecule has 5 rings (SSSR count). The van der Waals surface area contributed by atoms with E-state index in [1.54, 1.807) is 0 Å². The summed E-state index contributed by atoms with van der Waals surface area (Å²) in [4.78, 5) is 14.7. The molecule has 1 heterocycles. The van der Waals surface area contributed by atoms with Crippen molar-refractivity contribution < 1.29 is 19.4 Å². The molecule has 4 aromatic carbocycles. The minimum atomic E-state index is -1.33. The van der Waals surface area contributed by atoms with E-state index >= 15 is 0 Å². The van der Waals surface area contributed by atoms with Gasteiger partial charge in [-0.15, -0.1) is 0 Å². The van der Waals surface area contributed by atoms with Crippen LogP contribution in [0.1, 0.15) is 36.0 Å². The maximum absolute atomic E-state index is 11.4. The zero-order valence-electron chi connectivity index (χ0n) is 19.5. The number of aromatic amines is 1. The Bertz CT molecular complexity index is 1470. The zero-order valence-corrected chi connectivity index (χ0v) is 19.5. The molecule has 2 N–H and O–H groups in total. The number of nitrogens with one attached hydrogen (secondary N) is 1. The first-order chi connectivity index (χ1) is 17.1. The van der Waals surface area contributed by atoms with E-state index in [4.69, 9.17) is 9.47 Å². The van der Waals surface area contributed by atoms with Gasteiger partial charge < -0.3 is 19.6 Å². The highest BCUT2D eigenvalue weighted by Crippen LogP contribution is 2.36. The molecule has 5 heteroatoms. The smallest absolute Gasteiger partial charge is 0.493 e. The molecule has 5 aromatic rings. The summed E-state index contributed by atoms with van der Waals surface area (Å²) in [7, 11) is 0. The monoisotopic (exact) mass is 465 g/mol. The highest BCUT2D eigenvalue weighted by Gasteiger charge is 2.20. The van der Waals surface area contributed by atoms with Gasteiger partial charge >= 0.3 is 6.16 Å². The molecule has 0 aliphatic carbocycles. The van der Waals surface area contributed by atoms with Gasteiger partial charge in [-0.05, 0) is 35.4 Å². The second-order valence-electron chi connectivity index (χ2n) is 8.63. The van der Waals surface area contributed by atoms with Crippen LogP contribution >= 0.6 is 0 Å². The summed E-state index contributed by atoms with van der Waals surface area (Å²) in [5.41, 5.74) is 4.05. The Morgan fingerprint density at radius 3 is 2.43 bits per heavy atom. The molecule has 1 atom stereocenters. The van der Waals surface area contributed by atoms with E-state index in [1.807, 2.05) is 54.6 Å². The third-order valence-corrected chi connectivity index (χ3v) is 6.47. The fourth-order valence-electron chi connectivity index (χ4n) is 4.73. The Balaban J connectivity index is 1.40. The molecule has 0 amide bonds. The van der Waals surface area contributed by atoms with Crippen molar-refractivity contribution in [2.45, 2.75) is 25.7 Å². The number of H-pyrrole nitrogens is 1. The standard InChI is InChI=1S/C30H27NO4/c1-20(21-10-3-2-4-11-21)23-15-8-16-25-26(29(31-28(23)25)35-30(32)33)17-9-19-34-27-18-7-13-22-12-5-6-14-24(22)27/h2-8,10-16,18,20,31H,9,17,19H2,1H3,(H,32,33). The summed E-state index contributed by atoms with van der Waals surface area (Å²) < 4.78 is 11.3. The summed E-state index contributed by atoms with van der Waals surface area (Å²) in [5, 5.41) is 12.5. The molecule has 35 heavy (non-hydrogen) atoms. The van der Waals surface area contributed by atoms with Crippen molar-refractivity contribution in [1.82, 2.24) is 4.98 Å². The van der Waals surface area contributed by atoms with E-state index in [0.717, 1.165) is 38.6 Å². The summed E-state index contributed by atoms with van der Waals surface area (Å²) >= 11 is 0. The average molecular weight is 466 g/mol. The lowest BCUT2D eigenvalue weighted by Gasteiger charge is -2.13. The van der Waals surface area contributed by atoms with E-state index in [9.17, 15) is 9.90 Å². The first-order valence-corrected chi connectivity index (χ1v) is 11.8. The number of rotatable bonds is 8. The molecule has 0 bridgehead atoms. The van der Waals surface area contributed by atoms with Gasteiger partial charge in [0.2, 0.25) is 5.88 Å². The van der Waals surface area contributed by atoms with E-state index in [0.29, 0.717) is 19.4 Å². The Kier molecular flexibility index (Phi) is 6.40. The minimum absolute atomic E-state index is 0.138. The molecule has 0 fully saturated rings. The molecule has 0 aliphatic heterocycles. The molecular formula is C30H27NO4. The van der Waals surface area contributed by atoms with Gasteiger partial charge in [0.1, 0.15) is 5.75 Å². The molecule has 0 saturated heterocycles. The van der Waals surface area contributed by atoms with Crippen molar-refractivity contribution in [2.75, 3.05) is 6.61 Å². The van der Waals surface area contributed by atoms with Gasteiger partial charge in [0, 0.05) is 22.3 Å². The Morgan fingerprint density at radius 2 is 1.60 bits per heavy atom. The maximum Gasteiger partial charge on any atom is 0.512 e. The lowest BCUT2D eigenvalue weighted by Crippen LogP contribution is -2.06. The van der Waals surface area contributed by atoms with Crippen molar-refractivity contribution in [1.29, 1.82) is 0 Å². The Hall–Kier alpha value is -4.25. The summed E-state index contributed by atoms with van der Waals surface area (Å²) in [6, 6.07) is 30.6. The van der Waals surface area contributed by atoms with Crippen LogP contribution in [0.25, 0.3) is 21.7 Å². The van der Waals surface area contributed by atoms with Crippen molar-refractivity contribution >= 4 is 27.8 Å². The van der Waals surface area contributed by atoms with Crippen LogP contribution in [0.4, 0.5) is 4.79 Å². The molecular weight excluding hydrogens is 438 g/mol. The topological polar surface area (TPSA) is 71.6 Å². The normalized spacial score (nSPS) is 12.0. The Morgan fingerprint density at radius 1 is 0.886 bits per heavy atom. The summed E-state index contributed by atoms with van der Waals surface area (Å²) in [6.07, 6.45) is 0.00345. The summed E-state index contributed by atoms with van der Waals surface area (Å²) in [6.45, 7) is 2.66. The molecule has 5 nitrogen and oxygen atoms in total. The van der Waals surface area contributed by atoms with Gasteiger partial charge in [-0.25, -0.2) is 4.79 Å². The van der Waals surface area contributed by atoms with Crippen LogP contribution in [-0.4, -0.2) is 22.9 Å². The van der Waals surface area contributed by atoms with Crippen molar-refractivity contribution in [3.05, 3.63) is 108 Å². The number of aryl methyl sites for hydroxylation is 1. The summed E-state index contributed by atoms with van der Waals surface area (Å²) in [5.74, 6) is 1.27. The van der Waals surface area contributed by atoms with Gasteiger partial charge in [-0.3, -0.25) is 0 Å². The maximum atomic E-state index is 11.4. The van der Waals surface area contributed by atoms with Crippen LogP contribution in [0.5, 0.6) is 11.6 Å². The fraction of sp³-hybridized carbons (Fsp3) is 0.167. The number of carboxylic acid groups (broad SMARTS) is 1. The first-order valence-electron chi connectivity index (χ1n) is 11.8. The average Bonchev–Trinajstić information content (AvgIpc) is 3.23. The fourth-order valence-corrected chi connectivity index (χ4v) is 4.73. The number of aromatic nitrogens is 1. The van der Waals surface area contributed by atoms with Gasteiger partial charge in [0.05, 0.1) is 12.1 Å². The Labute approximate surface area is 203 Å². The van der Waals surface area contributed by atoms with Gasteiger partial charge in [-0.2, -0.15) is 0 Å². The molecule has 1 aromatic heterocycles. The van der Waals surface area contributed by atoms with Crippen molar-refractivity contribution in [2.24, 2.45) is 0 Å². The van der Waals surface area contributed by atoms with Crippen LogP contribution in [0, 0.1) is 0 Å². The molecule has 0 spiro atoms. The molecule has 1 unspecified atom stereocenters. The first kappa shape index (κ1) is 22.5. The van der Waals surface area contributed by atoms with Crippen LogP contribution in [0.3, 0.4) is 0 Å². The molecule has 0 saturated carbocycles. The van der Waals surface area contributed by atoms with E-state index in [1.165, 1.54) is 5.56 Å². The SMILES string of the molecule is CC(c1ccccc1)c1cccc2c(CCCOc3cccc4ccccc34)c(OC(=O)O)[nH]c12. The van der Waals surface area contributed by atoms with Gasteiger partial charge in [0.15, 0.2) is 0 Å². The minimum Gasteiger partial charge on any atom is -0.493 e. The number of carbonyl (C=O) groups is 1. The number of hydrogen-bond donors (Lipinski definition) is 2. The number of benzene rings is 4.